The summed E-state index contributed by atoms with van der Waals surface area (Å²) in [4.78, 5) is 11.7. The van der Waals surface area contributed by atoms with E-state index in [0.717, 1.165) is 25.0 Å². The average Bonchev–Trinajstić information content (AvgIpc) is 2.87. The molecular formula is C14H18O3. The number of carbonyl (C=O) groups excluding carboxylic acids is 1. The van der Waals surface area contributed by atoms with Crippen LogP contribution in [-0.4, -0.2) is 20.2 Å². The van der Waals surface area contributed by atoms with Crippen molar-refractivity contribution in [3.63, 3.8) is 0 Å². The summed E-state index contributed by atoms with van der Waals surface area (Å²) in [6, 6.07) is 7.99. The zero-order chi connectivity index (χ0) is 12.3. The van der Waals surface area contributed by atoms with E-state index in [1.165, 1.54) is 12.7 Å². The Morgan fingerprint density at radius 1 is 1.18 bits per heavy atom. The maximum atomic E-state index is 11.7. The Morgan fingerprint density at radius 2 is 1.88 bits per heavy atom. The van der Waals surface area contributed by atoms with Gasteiger partial charge in [0, 0.05) is 0 Å². The van der Waals surface area contributed by atoms with Crippen molar-refractivity contribution in [2.75, 3.05) is 14.2 Å². The summed E-state index contributed by atoms with van der Waals surface area (Å²) in [6.45, 7) is 0. The second kappa shape index (κ2) is 5.21. The lowest BCUT2D eigenvalue weighted by molar-refractivity contribution is -0.145. The fourth-order valence-corrected chi connectivity index (χ4v) is 2.64. The van der Waals surface area contributed by atoms with Gasteiger partial charge in [0.2, 0.25) is 0 Å². The molecule has 0 amide bonds. The van der Waals surface area contributed by atoms with Crippen LogP contribution < -0.4 is 4.74 Å². The molecule has 2 rings (SSSR count). The molecule has 3 heteroatoms. The first-order valence-electron chi connectivity index (χ1n) is 5.98. The summed E-state index contributed by atoms with van der Waals surface area (Å²) < 4.78 is 10.0. The summed E-state index contributed by atoms with van der Waals surface area (Å²) >= 11 is 0. The van der Waals surface area contributed by atoms with Crippen LogP contribution in [0.15, 0.2) is 24.3 Å². The maximum absolute atomic E-state index is 11.7. The van der Waals surface area contributed by atoms with E-state index in [4.69, 9.17) is 9.47 Å². The van der Waals surface area contributed by atoms with Gasteiger partial charge >= 0.3 is 5.97 Å². The van der Waals surface area contributed by atoms with E-state index in [-0.39, 0.29) is 11.9 Å². The Balaban J connectivity index is 2.17. The predicted molar refractivity (Wildman–Crippen MR) is 65.1 cm³/mol. The van der Waals surface area contributed by atoms with Crippen LogP contribution in [0.2, 0.25) is 0 Å². The molecule has 0 N–H and O–H groups in total. The van der Waals surface area contributed by atoms with Gasteiger partial charge in [-0.05, 0) is 36.5 Å². The number of hydrogen-bond donors (Lipinski definition) is 0. The fourth-order valence-electron chi connectivity index (χ4n) is 2.64. The van der Waals surface area contributed by atoms with Gasteiger partial charge in [-0.2, -0.15) is 0 Å². The van der Waals surface area contributed by atoms with Crippen LogP contribution in [0.5, 0.6) is 5.75 Å². The van der Waals surface area contributed by atoms with Gasteiger partial charge in [-0.15, -0.1) is 0 Å². The van der Waals surface area contributed by atoms with E-state index in [1.807, 2.05) is 24.3 Å². The molecule has 17 heavy (non-hydrogen) atoms. The van der Waals surface area contributed by atoms with E-state index in [0.29, 0.717) is 5.92 Å². The Morgan fingerprint density at radius 3 is 2.47 bits per heavy atom. The highest BCUT2D eigenvalue weighted by Gasteiger charge is 2.34. The molecule has 1 aromatic rings. The van der Waals surface area contributed by atoms with Crippen molar-refractivity contribution in [1.82, 2.24) is 0 Å². The molecule has 0 heterocycles. The summed E-state index contributed by atoms with van der Waals surface area (Å²) in [5, 5.41) is 0. The van der Waals surface area contributed by atoms with Crippen LogP contribution >= 0.6 is 0 Å². The zero-order valence-corrected chi connectivity index (χ0v) is 10.3. The first-order valence-corrected chi connectivity index (χ1v) is 5.98. The summed E-state index contributed by atoms with van der Waals surface area (Å²) in [6.07, 6.45) is 3.09. The van der Waals surface area contributed by atoms with Crippen LogP contribution in [0.4, 0.5) is 0 Å². The molecule has 1 saturated carbocycles. The maximum Gasteiger partial charge on any atom is 0.309 e. The zero-order valence-electron chi connectivity index (χ0n) is 10.3. The molecule has 1 aliphatic rings. The topological polar surface area (TPSA) is 35.5 Å². The van der Waals surface area contributed by atoms with Crippen LogP contribution in [-0.2, 0) is 9.53 Å². The second-order valence-electron chi connectivity index (χ2n) is 4.44. The molecule has 0 aliphatic heterocycles. The van der Waals surface area contributed by atoms with Crippen LogP contribution in [0.25, 0.3) is 0 Å². The van der Waals surface area contributed by atoms with Crippen molar-refractivity contribution in [3.8, 4) is 5.75 Å². The average molecular weight is 234 g/mol. The van der Waals surface area contributed by atoms with Gasteiger partial charge < -0.3 is 9.47 Å². The number of methoxy groups -OCH3 is 2. The minimum absolute atomic E-state index is 0.0217. The lowest BCUT2D eigenvalue weighted by Gasteiger charge is -2.17. The van der Waals surface area contributed by atoms with E-state index in [2.05, 4.69) is 0 Å². The van der Waals surface area contributed by atoms with Gasteiger partial charge in [0.05, 0.1) is 20.1 Å². The normalized spacial score (nSPS) is 23.4. The SMILES string of the molecule is COC(=O)[C@H]1CCC[C@H]1c1ccc(OC)cc1. The van der Waals surface area contributed by atoms with Crippen molar-refractivity contribution in [2.24, 2.45) is 5.92 Å². The monoisotopic (exact) mass is 234 g/mol. The van der Waals surface area contributed by atoms with Gasteiger partial charge in [-0.25, -0.2) is 0 Å². The Labute approximate surface area is 102 Å². The highest BCUT2D eigenvalue weighted by atomic mass is 16.5. The quantitative estimate of drug-likeness (QED) is 0.754. The minimum Gasteiger partial charge on any atom is -0.497 e. The first-order chi connectivity index (χ1) is 8.26. The lowest BCUT2D eigenvalue weighted by Crippen LogP contribution is -2.18. The van der Waals surface area contributed by atoms with Crippen molar-refractivity contribution in [2.45, 2.75) is 25.2 Å². The Bertz CT molecular complexity index is 383. The van der Waals surface area contributed by atoms with Gasteiger partial charge in [-0.3, -0.25) is 4.79 Å². The van der Waals surface area contributed by atoms with E-state index in [1.54, 1.807) is 7.11 Å². The predicted octanol–water partition coefficient (Wildman–Crippen LogP) is 2.75. The standard InChI is InChI=1S/C14H18O3/c1-16-11-8-6-10(7-9-11)12-4-3-5-13(12)14(15)17-2/h6-9,12-13H,3-5H2,1-2H3/t12-,13-/m0/s1. The molecular weight excluding hydrogens is 216 g/mol. The number of carbonyl (C=O) groups is 1. The molecule has 1 fully saturated rings. The molecule has 3 nitrogen and oxygen atoms in total. The van der Waals surface area contributed by atoms with Crippen molar-refractivity contribution in [3.05, 3.63) is 29.8 Å². The summed E-state index contributed by atoms with van der Waals surface area (Å²) in [7, 11) is 3.12. The Kier molecular flexibility index (Phi) is 3.67. The second-order valence-corrected chi connectivity index (χ2v) is 4.44. The van der Waals surface area contributed by atoms with E-state index in [9.17, 15) is 4.79 Å². The molecule has 2 atom stereocenters. The number of ether oxygens (including phenoxy) is 2. The highest BCUT2D eigenvalue weighted by molar-refractivity contribution is 5.74. The van der Waals surface area contributed by atoms with Gasteiger partial charge in [0.1, 0.15) is 5.75 Å². The van der Waals surface area contributed by atoms with Crippen molar-refractivity contribution < 1.29 is 14.3 Å². The number of hydrogen-bond acceptors (Lipinski definition) is 3. The number of esters is 1. The van der Waals surface area contributed by atoms with Gasteiger partial charge in [-0.1, -0.05) is 18.6 Å². The first kappa shape index (κ1) is 12.0. The Hall–Kier alpha value is -1.51. The molecule has 92 valence electrons. The smallest absolute Gasteiger partial charge is 0.309 e. The molecule has 0 saturated heterocycles. The third-order valence-electron chi connectivity index (χ3n) is 3.56. The van der Waals surface area contributed by atoms with Gasteiger partial charge in [0.25, 0.3) is 0 Å². The summed E-state index contributed by atoms with van der Waals surface area (Å²) in [5.74, 6) is 1.09. The van der Waals surface area contributed by atoms with Crippen LogP contribution in [0.3, 0.4) is 0 Å². The van der Waals surface area contributed by atoms with E-state index < -0.39 is 0 Å². The van der Waals surface area contributed by atoms with Crippen LogP contribution in [0.1, 0.15) is 30.7 Å². The minimum atomic E-state index is -0.0803. The molecule has 0 bridgehead atoms. The number of rotatable bonds is 3. The number of benzene rings is 1. The van der Waals surface area contributed by atoms with Gasteiger partial charge in [0.15, 0.2) is 0 Å². The molecule has 0 spiro atoms. The van der Waals surface area contributed by atoms with E-state index >= 15 is 0 Å². The summed E-state index contributed by atoms with van der Waals surface area (Å²) in [5.41, 5.74) is 1.21. The third kappa shape index (κ3) is 2.43. The molecule has 0 radical (unpaired) electrons. The molecule has 0 aromatic heterocycles. The highest BCUT2D eigenvalue weighted by Crippen LogP contribution is 2.40. The molecule has 1 aromatic carbocycles. The van der Waals surface area contributed by atoms with Crippen LogP contribution in [0, 0.1) is 5.92 Å². The largest absolute Gasteiger partial charge is 0.497 e. The fraction of sp³-hybridized carbons (Fsp3) is 0.500. The third-order valence-corrected chi connectivity index (χ3v) is 3.56. The van der Waals surface area contributed by atoms with Crippen molar-refractivity contribution >= 4 is 5.97 Å². The molecule has 1 aliphatic carbocycles. The van der Waals surface area contributed by atoms with Crippen molar-refractivity contribution in [1.29, 1.82) is 0 Å². The lowest BCUT2D eigenvalue weighted by atomic mass is 9.89. The molecule has 0 unspecified atom stereocenters.